The molecule has 0 aromatic carbocycles. The fraction of sp³-hybridized carbons (Fsp3) is 0.600. The van der Waals surface area contributed by atoms with Crippen LogP contribution in [0.2, 0.25) is 0 Å². The molecule has 0 fully saturated rings. The van der Waals surface area contributed by atoms with E-state index < -0.39 is 0 Å². The molecule has 0 amide bonds. The Hall–Kier alpha value is -0.700. The lowest BCUT2D eigenvalue weighted by atomic mass is 10.1. The van der Waals surface area contributed by atoms with Gasteiger partial charge in [-0.25, -0.2) is 0 Å². The predicted molar refractivity (Wildman–Crippen MR) is 65.5 cm³/mol. The minimum atomic E-state index is 0.341. The first-order valence-electron chi connectivity index (χ1n) is 4.54. The van der Waals surface area contributed by atoms with Crippen LogP contribution in [0.1, 0.15) is 27.7 Å². The number of rotatable bonds is 3. The van der Waals surface area contributed by atoms with Gasteiger partial charge in [0, 0.05) is 13.2 Å². The molecule has 0 aromatic rings. The maximum atomic E-state index is 5.03. The van der Waals surface area contributed by atoms with Crippen LogP contribution in [0.3, 0.4) is 0 Å². The maximum Gasteiger partial charge on any atom is 0.121 e. The van der Waals surface area contributed by atoms with Crippen LogP contribution >= 0.6 is 12.2 Å². The quantitative estimate of drug-likeness (QED) is 0.559. The van der Waals surface area contributed by atoms with Crippen LogP contribution in [-0.2, 0) is 0 Å². The standard InChI is InChI=1S/C8H14N2S.C2H6/c1-5-10-7(6(2)3)8(11)9-4;1-2/h5-6H,1H2,2-4H3,(H,9,11);1-2H3. The lowest BCUT2D eigenvalue weighted by Crippen LogP contribution is -2.29. The molecule has 1 N–H and O–H groups in total. The molecule has 3 heteroatoms. The number of nitrogens with zero attached hydrogens (tertiary/aromatic N) is 1. The molecule has 13 heavy (non-hydrogen) atoms. The molecule has 2 nitrogen and oxygen atoms in total. The van der Waals surface area contributed by atoms with Gasteiger partial charge in [0.15, 0.2) is 0 Å². The van der Waals surface area contributed by atoms with Crippen molar-refractivity contribution >= 4 is 22.9 Å². The molecule has 0 aliphatic carbocycles. The van der Waals surface area contributed by atoms with Gasteiger partial charge in [0.2, 0.25) is 0 Å². The zero-order chi connectivity index (χ0) is 10.9. The van der Waals surface area contributed by atoms with Crippen molar-refractivity contribution in [2.45, 2.75) is 27.7 Å². The summed E-state index contributed by atoms with van der Waals surface area (Å²) in [7, 11) is 1.79. The zero-order valence-corrected chi connectivity index (χ0v) is 10.0. The van der Waals surface area contributed by atoms with Crippen molar-refractivity contribution in [1.82, 2.24) is 5.32 Å². The number of thiocarbonyl (C=S) groups is 1. The van der Waals surface area contributed by atoms with E-state index in [9.17, 15) is 0 Å². The molecule has 0 saturated heterocycles. The summed E-state index contributed by atoms with van der Waals surface area (Å²) in [6.45, 7) is 11.6. The highest BCUT2D eigenvalue weighted by Gasteiger charge is 2.08. The SMILES string of the molecule is C=CN=C(C(=S)NC)C(C)C.CC. The van der Waals surface area contributed by atoms with Crippen LogP contribution in [0.5, 0.6) is 0 Å². The fourth-order valence-corrected chi connectivity index (χ4v) is 0.985. The minimum Gasteiger partial charge on any atom is -0.378 e. The van der Waals surface area contributed by atoms with E-state index >= 15 is 0 Å². The first-order chi connectivity index (χ1) is 6.13. The Balaban J connectivity index is 0. The lowest BCUT2D eigenvalue weighted by molar-refractivity contribution is 0.891. The predicted octanol–water partition coefficient (Wildman–Crippen LogP) is 2.80. The van der Waals surface area contributed by atoms with Crippen LogP contribution in [0.4, 0.5) is 0 Å². The molecule has 0 unspecified atom stereocenters. The van der Waals surface area contributed by atoms with E-state index in [1.807, 2.05) is 27.7 Å². The second-order valence-corrected chi connectivity index (χ2v) is 2.84. The maximum absolute atomic E-state index is 5.03. The van der Waals surface area contributed by atoms with E-state index in [0.717, 1.165) is 5.71 Å². The van der Waals surface area contributed by atoms with Crippen molar-refractivity contribution in [3.63, 3.8) is 0 Å². The number of hydrogen-bond donors (Lipinski definition) is 1. The Morgan fingerprint density at radius 1 is 1.46 bits per heavy atom. The van der Waals surface area contributed by atoms with E-state index in [-0.39, 0.29) is 0 Å². The van der Waals surface area contributed by atoms with Crippen molar-refractivity contribution < 1.29 is 0 Å². The smallest absolute Gasteiger partial charge is 0.121 e. The Bertz CT molecular complexity index is 183. The van der Waals surface area contributed by atoms with E-state index in [1.54, 1.807) is 7.05 Å². The molecule has 0 rings (SSSR count). The Kier molecular flexibility index (Phi) is 10.7. The van der Waals surface area contributed by atoms with Crippen LogP contribution < -0.4 is 5.32 Å². The van der Waals surface area contributed by atoms with Gasteiger partial charge in [-0.15, -0.1) is 0 Å². The van der Waals surface area contributed by atoms with Crippen LogP contribution in [-0.4, -0.2) is 17.7 Å². The van der Waals surface area contributed by atoms with E-state index in [0.29, 0.717) is 10.9 Å². The van der Waals surface area contributed by atoms with Gasteiger partial charge < -0.3 is 5.32 Å². The summed E-state index contributed by atoms with van der Waals surface area (Å²) in [6.07, 6.45) is 1.51. The number of nitrogens with one attached hydrogen (secondary N) is 1. The molecule has 0 heterocycles. The van der Waals surface area contributed by atoms with Crippen molar-refractivity contribution in [2.24, 2.45) is 10.9 Å². The molecular formula is C10H20N2S. The third-order valence-electron chi connectivity index (χ3n) is 1.24. The third-order valence-corrected chi connectivity index (χ3v) is 1.65. The highest BCUT2D eigenvalue weighted by molar-refractivity contribution is 7.82. The Labute approximate surface area is 87.1 Å². The summed E-state index contributed by atoms with van der Waals surface area (Å²) in [5.41, 5.74) is 0.887. The molecule has 0 saturated carbocycles. The summed E-state index contributed by atoms with van der Waals surface area (Å²) in [5, 5.41) is 2.88. The largest absolute Gasteiger partial charge is 0.378 e. The van der Waals surface area contributed by atoms with Gasteiger partial charge >= 0.3 is 0 Å². The fourth-order valence-electron chi connectivity index (χ4n) is 0.696. The first kappa shape index (κ1) is 14.8. The highest BCUT2D eigenvalue weighted by Crippen LogP contribution is 1.98. The van der Waals surface area contributed by atoms with E-state index in [2.05, 4.69) is 16.9 Å². The second kappa shape index (κ2) is 9.39. The molecular weight excluding hydrogens is 180 g/mol. The summed E-state index contributed by atoms with van der Waals surface area (Å²) < 4.78 is 0. The topological polar surface area (TPSA) is 24.4 Å². The molecule has 0 aliphatic heterocycles. The van der Waals surface area contributed by atoms with Gasteiger partial charge in [0.25, 0.3) is 0 Å². The van der Waals surface area contributed by atoms with Gasteiger partial charge in [-0.3, -0.25) is 4.99 Å². The third kappa shape index (κ3) is 6.46. The van der Waals surface area contributed by atoms with Gasteiger partial charge in [-0.05, 0) is 5.92 Å². The summed E-state index contributed by atoms with van der Waals surface area (Å²) in [6, 6.07) is 0. The first-order valence-corrected chi connectivity index (χ1v) is 4.95. The van der Waals surface area contributed by atoms with Crippen LogP contribution in [0.15, 0.2) is 17.8 Å². The Morgan fingerprint density at radius 3 is 2.15 bits per heavy atom. The van der Waals surface area contributed by atoms with Gasteiger partial charge in [-0.2, -0.15) is 0 Å². The van der Waals surface area contributed by atoms with E-state index in [1.165, 1.54) is 6.20 Å². The molecule has 0 radical (unpaired) electrons. The average Bonchev–Trinajstić information content (AvgIpc) is 2.15. The Morgan fingerprint density at radius 2 is 1.92 bits per heavy atom. The van der Waals surface area contributed by atoms with Crippen LogP contribution in [0, 0.1) is 5.92 Å². The van der Waals surface area contributed by atoms with Gasteiger partial charge in [0.1, 0.15) is 4.99 Å². The molecule has 0 atom stereocenters. The van der Waals surface area contributed by atoms with Gasteiger partial charge in [-0.1, -0.05) is 46.5 Å². The highest BCUT2D eigenvalue weighted by atomic mass is 32.1. The van der Waals surface area contributed by atoms with Crippen LogP contribution in [0.25, 0.3) is 0 Å². The molecule has 76 valence electrons. The normalized spacial score (nSPS) is 10.2. The number of aliphatic imine (C=N–C) groups is 1. The van der Waals surface area contributed by atoms with Crippen molar-refractivity contribution in [3.05, 3.63) is 12.8 Å². The molecule has 0 aromatic heterocycles. The molecule has 0 bridgehead atoms. The minimum absolute atomic E-state index is 0.341. The molecule has 0 spiro atoms. The number of hydrogen-bond acceptors (Lipinski definition) is 2. The summed E-state index contributed by atoms with van der Waals surface area (Å²) in [5.74, 6) is 0.341. The van der Waals surface area contributed by atoms with Crippen molar-refractivity contribution in [2.75, 3.05) is 7.05 Å². The summed E-state index contributed by atoms with van der Waals surface area (Å²) >= 11 is 5.03. The summed E-state index contributed by atoms with van der Waals surface area (Å²) in [4.78, 5) is 4.77. The monoisotopic (exact) mass is 200 g/mol. The van der Waals surface area contributed by atoms with Gasteiger partial charge in [0.05, 0.1) is 5.71 Å². The van der Waals surface area contributed by atoms with Crippen molar-refractivity contribution in [1.29, 1.82) is 0 Å². The second-order valence-electron chi connectivity index (χ2n) is 2.43. The average molecular weight is 200 g/mol. The van der Waals surface area contributed by atoms with Crippen molar-refractivity contribution in [3.8, 4) is 0 Å². The van der Waals surface area contributed by atoms with E-state index in [4.69, 9.17) is 12.2 Å². The molecule has 0 aliphatic rings. The lowest BCUT2D eigenvalue weighted by Gasteiger charge is -2.09. The zero-order valence-electron chi connectivity index (χ0n) is 9.22.